The minimum absolute atomic E-state index is 0.197. The molecular formula is C16H26BrNO3. The van der Waals surface area contributed by atoms with Gasteiger partial charge in [-0.25, -0.2) is 0 Å². The molecular weight excluding hydrogens is 334 g/mol. The molecule has 0 amide bonds. The van der Waals surface area contributed by atoms with Crippen LogP contribution in [0.4, 0.5) is 0 Å². The highest BCUT2D eigenvalue weighted by atomic mass is 79.9. The summed E-state index contributed by atoms with van der Waals surface area (Å²) in [6.07, 6.45) is 1.57. The van der Waals surface area contributed by atoms with Crippen LogP contribution in [0.3, 0.4) is 0 Å². The predicted octanol–water partition coefficient (Wildman–Crippen LogP) is 3.50. The average molecular weight is 360 g/mol. The summed E-state index contributed by atoms with van der Waals surface area (Å²) < 4.78 is 12.4. The zero-order valence-electron chi connectivity index (χ0n) is 13.1. The van der Waals surface area contributed by atoms with Crippen molar-refractivity contribution in [2.45, 2.75) is 46.2 Å². The number of aliphatic hydroxyl groups is 1. The quantitative estimate of drug-likeness (QED) is 0.627. The van der Waals surface area contributed by atoms with Crippen molar-refractivity contribution in [2.24, 2.45) is 0 Å². The normalized spacial score (nSPS) is 11.0. The summed E-state index contributed by atoms with van der Waals surface area (Å²) in [5, 5.41) is 12.2. The molecule has 0 saturated heterocycles. The highest BCUT2D eigenvalue weighted by molar-refractivity contribution is 9.10. The Morgan fingerprint density at radius 3 is 2.62 bits per heavy atom. The molecule has 21 heavy (non-hydrogen) atoms. The predicted molar refractivity (Wildman–Crippen MR) is 89.1 cm³/mol. The number of hydrogen-bond donors (Lipinski definition) is 2. The molecule has 0 fully saturated rings. The van der Waals surface area contributed by atoms with Crippen LogP contribution in [-0.4, -0.2) is 31.0 Å². The van der Waals surface area contributed by atoms with E-state index in [4.69, 9.17) is 14.6 Å². The van der Waals surface area contributed by atoms with Crippen LogP contribution in [-0.2, 0) is 6.54 Å². The fourth-order valence-electron chi connectivity index (χ4n) is 1.84. The number of ether oxygens (including phenoxy) is 2. The SMILES string of the molecule is CCOc1cc(CNC(C)C)cc(Br)c1OCCCCO. The molecule has 0 aliphatic heterocycles. The molecule has 1 aromatic rings. The number of benzene rings is 1. The molecule has 0 unspecified atom stereocenters. The molecule has 0 heterocycles. The van der Waals surface area contributed by atoms with Crippen molar-refractivity contribution < 1.29 is 14.6 Å². The fourth-order valence-corrected chi connectivity index (χ4v) is 2.44. The summed E-state index contributed by atoms with van der Waals surface area (Å²) in [6.45, 7) is 8.36. The van der Waals surface area contributed by atoms with Gasteiger partial charge in [0, 0.05) is 19.2 Å². The standard InChI is InChI=1S/C16H26BrNO3/c1-4-20-15-10-13(11-18-12(2)3)9-14(17)16(15)21-8-6-5-7-19/h9-10,12,18-19H,4-8,11H2,1-3H3. The van der Waals surface area contributed by atoms with Gasteiger partial charge >= 0.3 is 0 Å². The molecule has 0 spiro atoms. The van der Waals surface area contributed by atoms with Crippen LogP contribution < -0.4 is 14.8 Å². The van der Waals surface area contributed by atoms with Gasteiger partial charge in [0.05, 0.1) is 17.7 Å². The van der Waals surface area contributed by atoms with E-state index in [9.17, 15) is 0 Å². The van der Waals surface area contributed by atoms with Crippen molar-refractivity contribution in [1.29, 1.82) is 0 Å². The van der Waals surface area contributed by atoms with Gasteiger partial charge in [-0.3, -0.25) is 0 Å². The van der Waals surface area contributed by atoms with Crippen LogP contribution in [0.5, 0.6) is 11.5 Å². The Hall–Kier alpha value is -0.780. The van der Waals surface area contributed by atoms with Crippen LogP contribution in [0.2, 0.25) is 0 Å². The minimum Gasteiger partial charge on any atom is -0.490 e. The molecule has 1 aromatic carbocycles. The number of unbranched alkanes of at least 4 members (excludes halogenated alkanes) is 1. The Morgan fingerprint density at radius 2 is 2.00 bits per heavy atom. The van der Waals surface area contributed by atoms with E-state index in [1.807, 2.05) is 13.0 Å². The Labute approximate surface area is 136 Å². The smallest absolute Gasteiger partial charge is 0.175 e. The zero-order valence-corrected chi connectivity index (χ0v) is 14.7. The van der Waals surface area contributed by atoms with Gasteiger partial charge in [0.1, 0.15) is 0 Å². The molecule has 0 bridgehead atoms. The molecule has 120 valence electrons. The van der Waals surface area contributed by atoms with Crippen molar-refractivity contribution in [3.8, 4) is 11.5 Å². The summed E-state index contributed by atoms with van der Waals surface area (Å²) in [5.41, 5.74) is 1.15. The van der Waals surface area contributed by atoms with Crippen molar-refractivity contribution in [1.82, 2.24) is 5.32 Å². The van der Waals surface area contributed by atoms with Gasteiger partial charge in [0.2, 0.25) is 0 Å². The first-order valence-corrected chi connectivity index (χ1v) is 8.30. The van der Waals surface area contributed by atoms with Crippen molar-refractivity contribution >= 4 is 15.9 Å². The summed E-state index contributed by atoms with van der Waals surface area (Å²) in [7, 11) is 0. The Kier molecular flexibility index (Phi) is 8.73. The van der Waals surface area contributed by atoms with Crippen LogP contribution in [0.25, 0.3) is 0 Å². The van der Waals surface area contributed by atoms with Gasteiger partial charge in [-0.2, -0.15) is 0 Å². The minimum atomic E-state index is 0.197. The van der Waals surface area contributed by atoms with Gasteiger partial charge in [-0.1, -0.05) is 13.8 Å². The summed E-state index contributed by atoms with van der Waals surface area (Å²) in [4.78, 5) is 0. The third-order valence-electron chi connectivity index (χ3n) is 2.88. The fraction of sp³-hybridized carbons (Fsp3) is 0.625. The maximum atomic E-state index is 8.80. The number of aliphatic hydroxyl groups excluding tert-OH is 1. The lowest BCUT2D eigenvalue weighted by Crippen LogP contribution is -2.21. The van der Waals surface area contributed by atoms with Gasteiger partial charge < -0.3 is 19.9 Å². The molecule has 1 rings (SSSR count). The highest BCUT2D eigenvalue weighted by Gasteiger charge is 2.12. The largest absolute Gasteiger partial charge is 0.490 e. The first-order chi connectivity index (χ1) is 10.1. The number of nitrogens with one attached hydrogen (secondary N) is 1. The summed E-state index contributed by atoms with van der Waals surface area (Å²) >= 11 is 3.56. The number of halogens is 1. The Morgan fingerprint density at radius 1 is 1.24 bits per heavy atom. The maximum Gasteiger partial charge on any atom is 0.175 e. The van der Waals surface area contributed by atoms with E-state index in [1.54, 1.807) is 0 Å². The van der Waals surface area contributed by atoms with Gasteiger partial charge in [0.15, 0.2) is 11.5 Å². The van der Waals surface area contributed by atoms with E-state index in [0.717, 1.165) is 40.9 Å². The first kappa shape index (κ1) is 18.3. The van der Waals surface area contributed by atoms with Crippen molar-refractivity contribution in [3.63, 3.8) is 0 Å². The summed E-state index contributed by atoms with van der Waals surface area (Å²) in [5.74, 6) is 1.50. The van der Waals surface area contributed by atoms with Gasteiger partial charge in [-0.15, -0.1) is 0 Å². The van der Waals surface area contributed by atoms with E-state index >= 15 is 0 Å². The average Bonchev–Trinajstić information content (AvgIpc) is 2.43. The lowest BCUT2D eigenvalue weighted by Gasteiger charge is -2.16. The lowest BCUT2D eigenvalue weighted by molar-refractivity contribution is 0.242. The molecule has 0 aliphatic rings. The third-order valence-corrected chi connectivity index (χ3v) is 3.47. The second-order valence-electron chi connectivity index (χ2n) is 5.15. The molecule has 2 N–H and O–H groups in total. The lowest BCUT2D eigenvalue weighted by atomic mass is 10.2. The zero-order chi connectivity index (χ0) is 15.7. The Bertz CT molecular complexity index is 424. The van der Waals surface area contributed by atoms with Crippen molar-refractivity contribution in [2.75, 3.05) is 19.8 Å². The monoisotopic (exact) mass is 359 g/mol. The van der Waals surface area contributed by atoms with E-state index in [0.29, 0.717) is 19.3 Å². The van der Waals surface area contributed by atoms with Crippen molar-refractivity contribution in [3.05, 3.63) is 22.2 Å². The molecule has 4 nitrogen and oxygen atoms in total. The topological polar surface area (TPSA) is 50.7 Å². The van der Waals surface area contributed by atoms with Gasteiger partial charge in [0.25, 0.3) is 0 Å². The Balaban J connectivity index is 2.80. The van der Waals surface area contributed by atoms with E-state index in [1.165, 1.54) is 0 Å². The second-order valence-corrected chi connectivity index (χ2v) is 6.01. The van der Waals surface area contributed by atoms with E-state index in [2.05, 4.69) is 41.2 Å². The van der Waals surface area contributed by atoms with Gasteiger partial charge in [-0.05, 0) is 53.4 Å². The first-order valence-electron chi connectivity index (χ1n) is 7.50. The maximum absolute atomic E-state index is 8.80. The molecule has 0 saturated carbocycles. The highest BCUT2D eigenvalue weighted by Crippen LogP contribution is 2.37. The second kappa shape index (κ2) is 10.0. The van der Waals surface area contributed by atoms with Crippen LogP contribution in [0.1, 0.15) is 39.2 Å². The molecule has 5 heteroatoms. The third kappa shape index (κ3) is 6.68. The van der Waals surface area contributed by atoms with Crippen LogP contribution >= 0.6 is 15.9 Å². The van der Waals surface area contributed by atoms with E-state index in [-0.39, 0.29) is 6.61 Å². The van der Waals surface area contributed by atoms with E-state index < -0.39 is 0 Å². The molecule has 0 atom stereocenters. The number of rotatable bonds is 10. The molecule has 0 aromatic heterocycles. The molecule has 0 radical (unpaired) electrons. The molecule has 0 aliphatic carbocycles. The summed E-state index contributed by atoms with van der Waals surface area (Å²) in [6, 6.07) is 4.51. The van der Waals surface area contributed by atoms with Crippen LogP contribution in [0.15, 0.2) is 16.6 Å². The number of hydrogen-bond acceptors (Lipinski definition) is 4. The van der Waals surface area contributed by atoms with Crippen LogP contribution in [0, 0.1) is 0 Å².